The number of aryl methyl sites for hydroxylation is 1. The maximum absolute atomic E-state index is 12.6. The molecule has 1 heterocycles. The molecule has 0 N–H and O–H groups in total. The Hall–Kier alpha value is -1.64. The van der Waals surface area contributed by atoms with Crippen molar-refractivity contribution in [3.05, 3.63) is 29.3 Å². The predicted molar refractivity (Wildman–Crippen MR) is 80.8 cm³/mol. The van der Waals surface area contributed by atoms with Gasteiger partial charge in [0.25, 0.3) is 0 Å². The van der Waals surface area contributed by atoms with Crippen LogP contribution in [0, 0.1) is 25.7 Å². The van der Waals surface area contributed by atoms with Crippen LogP contribution < -0.4 is 4.90 Å². The highest BCUT2D eigenvalue weighted by Crippen LogP contribution is 2.30. The van der Waals surface area contributed by atoms with Crippen LogP contribution in [0.15, 0.2) is 18.2 Å². The van der Waals surface area contributed by atoms with Crippen LogP contribution in [0.3, 0.4) is 0 Å². The smallest absolute Gasteiger partial charge is 0.237 e. The number of piperidine rings is 1. The Labute approximate surface area is 121 Å². The number of Topliss-reactive ketones (excluding diaryl/α,β-unsaturated/α-hetero) is 1. The standard InChI is InChI=1S/C17H23NO2/c1-11(2)16(19)14-8-6-10-18(17(14)20)15-9-5-7-12(3)13(15)4/h5,7,9,11,14H,6,8,10H2,1-4H3/t14-/m0/s1. The first-order chi connectivity index (χ1) is 9.43. The van der Waals surface area contributed by atoms with Crippen molar-refractivity contribution in [1.82, 2.24) is 0 Å². The van der Waals surface area contributed by atoms with Gasteiger partial charge in [-0.1, -0.05) is 26.0 Å². The van der Waals surface area contributed by atoms with Gasteiger partial charge in [-0.25, -0.2) is 0 Å². The van der Waals surface area contributed by atoms with Crippen LogP contribution in [0.1, 0.15) is 37.8 Å². The van der Waals surface area contributed by atoms with Gasteiger partial charge in [0.05, 0.1) is 5.92 Å². The zero-order valence-electron chi connectivity index (χ0n) is 12.8. The maximum atomic E-state index is 12.6. The van der Waals surface area contributed by atoms with Gasteiger partial charge in [-0.05, 0) is 43.9 Å². The average molecular weight is 273 g/mol. The van der Waals surface area contributed by atoms with Gasteiger partial charge in [-0.15, -0.1) is 0 Å². The fourth-order valence-corrected chi connectivity index (χ4v) is 2.81. The number of carbonyl (C=O) groups is 2. The minimum atomic E-state index is -0.455. The second kappa shape index (κ2) is 5.78. The topological polar surface area (TPSA) is 37.4 Å². The summed E-state index contributed by atoms with van der Waals surface area (Å²) in [5.41, 5.74) is 3.25. The van der Waals surface area contributed by atoms with Crippen molar-refractivity contribution < 1.29 is 9.59 Å². The molecule has 20 heavy (non-hydrogen) atoms. The summed E-state index contributed by atoms with van der Waals surface area (Å²) in [6.45, 7) is 8.53. The van der Waals surface area contributed by atoms with Crippen molar-refractivity contribution in [2.24, 2.45) is 11.8 Å². The highest BCUT2D eigenvalue weighted by Gasteiger charge is 2.35. The van der Waals surface area contributed by atoms with E-state index in [0.717, 1.165) is 17.7 Å². The summed E-state index contributed by atoms with van der Waals surface area (Å²) in [5, 5.41) is 0. The van der Waals surface area contributed by atoms with E-state index in [9.17, 15) is 9.59 Å². The lowest BCUT2D eigenvalue weighted by Gasteiger charge is -2.33. The molecular formula is C17H23NO2. The number of hydrogen-bond donors (Lipinski definition) is 0. The SMILES string of the molecule is Cc1cccc(N2CCC[C@@H](C(=O)C(C)C)C2=O)c1C. The van der Waals surface area contributed by atoms with Gasteiger partial charge < -0.3 is 4.90 Å². The molecule has 1 atom stereocenters. The largest absolute Gasteiger partial charge is 0.312 e. The summed E-state index contributed by atoms with van der Waals surface area (Å²) in [7, 11) is 0. The molecule has 1 aliphatic rings. The third-order valence-corrected chi connectivity index (χ3v) is 4.22. The van der Waals surface area contributed by atoms with E-state index in [0.29, 0.717) is 13.0 Å². The van der Waals surface area contributed by atoms with Gasteiger partial charge in [-0.2, -0.15) is 0 Å². The third kappa shape index (κ3) is 2.62. The van der Waals surface area contributed by atoms with Crippen LogP contribution in [0.5, 0.6) is 0 Å². The van der Waals surface area contributed by atoms with Gasteiger partial charge in [-0.3, -0.25) is 9.59 Å². The number of nitrogens with zero attached hydrogens (tertiary/aromatic N) is 1. The van der Waals surface area contributed by atoms with Gasteiger partial charge in [0.15, 0.2) is 0 Å². The molecule has 108 valence electrons. The normalized spacial score (nSPS) is 19.6. The first kappa shape index (κ1) is 14.8. The number of hydrogen-bond acceptors (Lipinski definition) is 2. The zero-order chi connectivity index (χ0) is 14.9. The lowest BCUT2D eigenvalue weighted by Crippen LogP contribution is -2.45. The minimum Gasteiger partial charge on any atom is -0.312 e. The van der Waals surface area contributed by atoms with Gasteiger partial charge in [0.2, 0.25) is 5.91 Å². The van der Waals surface area contributed by atoms with Gasteiger partial charge >= 0.3 is 0 Å². The fraction of sp³-hybridized carbons (Fsp3) is 0.529. The minimum absolute atomic E-state index is 0.0244. The molecule has 0 saturated carbocycles. The van der Waals surface area contributed by atoms with E-state index in [4.69, 9.17) is 0 Å². The monoisotopic (exact) mass is 273 g/mol. The second-order valence-electron chi connectivity index (χ2n) is 5.96. The molecule has 1 saturated heterocycles. The third-order valence-electron chi connectivity index (χ3n) is 4.22. The van der Waals surface area contributed by atoms with Crippen molar-refractivity contribution in [1.29, 1.82) is 0 Å². The Morgan fingerprint density at radius 1 is 1.30 bits per heavy atom. The Bertz CT molecular complexity index is 534. The van der Waals surface area contributed by atoms with E-state index in [1.54, 1.807) is 4.90 Å². The van der Waals surface area contributed by atoms with E-state index in [-0.39, 0.29) is 17.6 Å². The first-order valence-corrected chi connectivity index (χ1v) is 7.34. The molecule has 2 rings (SSSR count). The van der Waals surface area contributed by atoms with Crippen LogP contribution in [-0.4, -0.2) is 18.2 Å². The molecule has 0 spiro atoms. The zero-order valence-corrected chi connectivity index (χ0v) is 12.8. The molecular weight excluding hydrogens is 250 g/mol. The van der Waals surface area contributed by atoms with Crippen molar-refractivity contribution in [2.75, 3.05) is 11.4 Å². The number of ketones is 1. The lowest BCUT2D eigenvalue weighted by atomic mass is 9.87. The van der Waals surface area contributed by atoms with E-state index in [1.165, 1.54) is 5.56 Å². The summed E-state index contributed by atoms with van der Waals surface area (Å²) < 4.78 is 0. The Morgan fingerprint density at radius 2 is 2.00 bits per heavy atom. The Kier molecular flexibility index (Phi) is 4.26. The molecule has 0 aliphatic carbocycles. The van der Waals surface area contributed by atoms with Crippen molar-refractivity contribution in [3.63, 3.8) is 0 Å². The molecule has 0 unspecified atom stereocenters. The Balaban J connectivity index is 2.31. The number of rotatable bonds is 3. The molecule has 3 nitrogen and oxygen atoms in total. The van der Waals surface area contributed by atoms with Crippen molar-refractivity contribution in [3.8, 4) is 0 Å². The van der Waals surface area contributed by atoms with Gasteiger partial charge in [0, 0.05) is 18.2 Å². The number of benzene rings is 1. The quantitative estimate of drug-likeness (QED) is 0.793. The summed E-state index contributed by atoms with van der Waals surface area (Å²) >= 11 is 0. The predicted octanol–water partition coefficient (Wildman–Crippen LogP) is 3.27. The molecule has 1 fully saturated rings. The maximum Gasteiger partial charge on any atom is 0.237 e. The van der Waals surface area contributed by atoms with E-state index >= 15 is 0 Å². The first-order valence-electron chi connectivity index (χ1n) is 7.34. The van der Waals surface area contributed by atoms with Crippen LogP contribution in [0.2, 0.25) is 0 Å². The summed E-state index contributed by atoms with van der Waals surface area (Å²) in [6, 6.07) is 5.99. The average Bonchev–Trinajstić information content (AvgIpc) is 2.42. The number of anilines is 1. The lowest BCUT2D eigenvalue weighted by molar-refractivity contribution is -0.135. The van der Waals surface area contributed by atoms with Crippen molar-refractivity contribution in [2.45, 2.75) is 40.5 Å². The van der Waals surface area contributed by atoms with Gasteiger partial charge in [0.1, 0.15) is 5.78 Å². The van der Waals surface area contributed by atoms with Crippen LogP contribution in [0.4, 0.5) is 5.69 Å². The molecule has 0 aromatic heterocycles. The van der Waals surface area contributed by atoms with E-state index in [2.05, 4.69) is 0 Å². The summed E-state index contributed by atoms with van der Waals surface area (Å²) in [4.78, 5) is 26.6. The number of carbonyl (C=O) groups excluding carboxylic acids is 2. The highest BCUT2D eigenvalue weighted by atomic mass is 16.2. The number of amides is 1. The second-order valence-corrected chi connectivity index (χ2v) is 5.96. The molecule has 0 bridgehead atoms. The van der Waals surface area contributed by atoms with Crippen molar-refractivity contribution >= 4 is 17.4 Å². The van der Waals surface area contributed by atoms with E-state index in [1.807, 2.05) is 45.9 Å². The summed E-state index contributed by atoms with van der Waals surface area (Å²) in [5.74, 6) is -0.486. The highest BCUT2D eigenvalue weighted by molar-refractivity contribution is 6.09. The van der Waals surface area contributed by atoms with Crippen LogP contribution in [-0.2, 0) is 9.59 Å². The molecule has 1 aromatic rings. The molecule has 1 aliphatic heterocycles. The molecule has 3 heteroatoms. The molecule has 1 amide bonds. The fourth-order valence-electron chi connectivity index (χ4n) is 2.81. The van der Waals surface area contributed by atoms with Crippen LogP contribution in [0.25, 0.3) is 0 Å². The van der Waals surface area contributed by atoms with Crippen LogP contribution >= 0.6 is 0 Å². The summed E-state index contributed by atoms with van der Waals surface area (Å²) in [6.07, 6.45) is 1.58. The van der Waals surface area contributed by atoms with E-state index < -0.39 is 5.92 Å². The Morgan fingerprint density at radius 3 is 2.65 bits per heavy atom. The molecule has 0 radical (unpaired) electrons. The molecule has 1 aromatic carbocycles.